The highest BCUT2D eigenvalue weighted by molar-refractivity contribution is 14.1. The molecule has 1 saturated heterocycles. The van der Waals surface area contributed by atoms with Crippen LogP contribution < -0.4 is 15.4 Å². The minimum Gasteiger partial charge on any atom is -0.481 e. The Morgan fingerprint density at radius 1 is 1.22 bits per heavy atom. The second-order valence-corrected chi connectivity index (χ2v) is 7.62. The monoisotopic (exact) mass is 553 g/mol. The number of carbonyl (C=O) groups excluding carboxylic acids is 4. The van der Waals surface area contributed by atoms with Crippen LogP contribution in [-0.4, -0.2) is 49.0 Å². The first-order valence-corrected chi connectivity index (χ1v) is 10.2. The standard InChI is InChI=1S/C21H17FIN3O6/c1-31-19(28)11-32-17-7-6-12(8-14(17)23)9-16-20(29)26(21(30)25-16)10-18(27)24-15-5-3-2-4-13(15)22/h2-9H,10-11H2,1H3,(H,24,27)(H,25,30)/b16-9+. The van der Waals surface area contributed by atoms with Crippen LogP contribution in [0.4, 0.5) is 14.9 Å². The maximum atomic E-state index is 13.7. The van der Waals surface area contributed by atoms with E-state index in [1.807, 2.05) is 22.6 Å². The van der Waals surface area contributed by atoms with E-state index < -0.39 is 36.2 Å². The van der Waals surface area contributed by atoms with Gasteiger partial charge in [-0.25, -0.2) is 18.9 Å². The van der Waals surface area contributed by atoms with Crippen molar-refractivity contribution in [2.45, 2.75) is 0 Å². The summed E-state index contributed by atoms with van der Waals surface area (Å²) in [6.45, 7) is -0.820. The van der Waals surface area contributed by atoms with Gasteiger partial charge in [-0.3, -0.25) is 9.59 Å². The lowest BCUT2D eigenvalue weighted by Crippen LogP contribution is -2.38. The van der Waals surface area contributed by atoms with E-state index in [4.69, 9.17) is 4.74 Å². The first-order chi connectivity index (χ1) is 15.3. The maximum Gasteiger partial charge on any atom is 0.343 e. The van der Waals surface area contributed by atoms with Gasteiger partial charge in [0.15, 0.2) is 6.61 Å². The van der Waals surface area contributed by atoms with E-state index in [1.165, 1.54) is 31.4 Å². The smallest absolute Gasteiger partial charge is 0.343 e. The molecule has 0 aliphatic carbocycles. The predicted octanol–water partition coefficient (Wildman–Crippen LogP) is 2.51. The van der Waals surface area contributed by atoms with Crippen molar-refractivity contribution < 1.29 is 33.0 Å². The van der Waals surface area contributed by atoms with Gasteiger partial charge in [0.25, 0.3) is 5.91 Å². The van der Waals surface area contributed by atoms with Crippen molar-refractivity contribution in [3.8, 4) is 5.75 Å². The fourth-order valence-corrected chi connectivity index (χ4v) is 3.39. The molecule has 11 heteroatoms. The molecule has 0 atom stereocenters. The highest BCUT2D eigenvalue weighted by atomic mass is 127. The lowest BCUT2D eigenvalue weighted by molar-refractivity contribution is -0.143. The number of nitrogens with zero attached hydrogens (tertiary/aromatic N) is 1. The van der Waals surface area contributed by atoms with Crippen molar-refractivity contribution in [3.05, 3.63) is 63.1 Å². The average Bonchev–Trinajstić information content (AvgIpc) is 3.01. The molecule has 9 nitrogen and oxygen atoms in total. The highest BCUT2D eigenvalue weighted by Crippen LogP contribution is 2.24. The van der Waals surface area contributed by atoms with Gasteiger partial charge in [0.05, 0.1) is 16.4 Å². The number of hydrogen-bond acceptors (Lipinski definition) is 6. The van der Waals surface area contributed by atoms with Crippen molar-refractivity contribution in [2.24, 2.45) is 0 Å². The number of imide groups is 1. The molecule has 32 heavy (non-hydrogen) atoms. The highest BCUT2D eigenvalue weighted by Gasteiger charge is 2.35. The van der Waals surface area contributed by atoms with Crippen LogP contribution in [-0.2, 0) is 19.1 Å². The Hall–Kier alpha value is -3.48. The number of para-hydroxylation sites is 1. The summed E-state index contributed by atoms with van der Waals surface area (Å²) >= 11 is 2.00. The van der Waals surface area contributed by atoms with Crippen LogP contribution in [0.3, 0.4) is 0 Å². The third-order valence-electron chi connectivity index (χ3n) is 4.25. The number of rotatable bonds is 7. The average molecular weight is 553 g/mol. The van der Waals surface area contributed by atoms with E-state index in [0.29, 0.717) is 14.9 Å². The molecule has 1 aliphatic rings. The summed E-state index contributed by atoms with van der Waals surface area (Å²) in [4.78, 5) is 48.8. The Morgan fingerprint density at radius 2 is 1.97 bits per heavy atom. The van der Waals surface area contributed by atoms with Gasteiger partial charge in [-0.1, -0.05) is 18.2 Å². The van der Waals surface area contributed by atoms with Crippen LogP contribution in [0.5, 0.6) is 5.75 Å². The molecule has 0 unspecified atom stereocenters. The van der Waals surface area contributed by atoms with Gasteiger partial charge in [0.2, 0.25) is 5.91 Å². The third-order valence-corrected chi connectivity index (χ3v) is 5.10. The van der Waals surface area contributed by atoms with Crippen LogP contribution in [0.25, 0.3) is 6.08 Å². The fourth-order valence-electron chi connectivity index (χ4n) is 2.70. The number of halogens is 2. The number of amides is 4. The zero-order valence-corrected chi connectivity index (χ0v) is 18.8. The Labute approximate surface area is 195 Å². The van der Waals surface area contributed by atoms with E-state index >= 15 is 0 Å². The van der Waals surface area contributed by atoms with Gasteiger partial charge >= 0.3 is 12.0 Å². The number of hydrogen-bond donors (Lipinski definition) is 2. The van der Waals surface area contributed by atoms with E-state index in [1.54, 1.807) is 24.3 Å². The molecule has 166 valence electrons. The summed E-state index contributed by atoms with van der Waals surface area (Å²) in [7, 11) is 1.26. The number of ether oxygens (including phenoxy) is 2. The molecule has 1 heterocycles. The molecule has 2 N–H and O–H groups in total. The van der Waals surface area contributed by atoms with Crippen LogP contribution in [0.15, 0.2) is 48.2 Å². The lowest BCUT2D eigenvalue weighted by Gasteiger charge is -2.12. The Bertz CT molecular complexity index is 1120. The summed E-state index contributed by atoms with van der Waals surface area (Å²) in [6, 6.07) is 9.72. The van der Waals surface area contributed by atoms with Gasteiger partial charge < -0.3 is 20.1 Å². The van der Waals surface area contributed by atoms with Gasteiger partial charge in [0.1, 0.15) is 23.8 Å². The second-order valence-electron chi connectivity index (χ2n) is 6.46. The summed E-state index contributed by atoms with van der Waals surface area (Å²) in [5, 5.41) is 4.74. The van der Waals surface area contributed by atoms with Gasteiger partial charge in [-0.2, -0.15) is 0 Å². The zero-order chi connectivity index (χ0) is 23.3. The van der Waals surface area contributed by atoms with Crippen molar-refractivity contribution in [2.75, 3.05) is 25.6 Å². The molecule has 1 fully saturated rings. The molecule has 2 aromatic rings. The summed E-state index contributed by atoms with van der Waals surface area (Å²) in [5.41, 5.74) is 0.512. The summed E-state index contributed by atoms with van der Waals surface area (Å²) < 4.78 is 24.2. The largest absolute Gasteiger partial charge is 0.481 e. The molecular weight excluding hydrogens is 536 g/mol. The van der Waals surface area contributed by atoms with Gasteiger partial charge in [-0.15, -0.1) is 0 Å². The van der Waals surface area contributed by atoms with E-state index in [0.717, 1.165) is 4.90 Å². The fraction of sp³-hybridized carbons (Fsp3) is 0.143. The quantitative estimate of drug-likeness (QED) is 0.236. The Balaban J connectivity index is 1.67. The molecule has 4 amide bonds. The normalized spacial score (nSPS) is 14.3. The van der Waals surface area contributed by atoms with Gasteiger partial charge in [0, 0.05) is 0 Å². The van der Waals surface area contributed by atoms with Crippen molar-refractivity contribution in [1.29, 1.82) is 0 Å². The third kappa shape index (κ3) is 5.60. The summed E-state index contributed by atoms with van der Waals surface area (Å²) in [5.74, 6) is -2.12. The molecule has 3 rings (SSSR count). The molecule has 0 bridgehead atoms. The summed E-state index contributed by atoms with van der Waals surface area (Å²) in [6.07, 6.45) is 1.45. The van der Waals surface area contributed by atoms with Crippen LogP contribution in [0, 0.1) is 9.39 Å². The van der Waals surface area contributed by atoms with Crippen LogP contribution in [0.1, 0.15) is 5.56 Å². The Kier molecular flexibility index (Phi) is 7.41. The number of anilines is 1. The molecule has 1 aliphatic heterocycles. The number of esters is 1. The lowest BCUT2D eigenvalue weighted by atomic mass is 10.2. The SMILES string of the molecule is COC(=O)COc1ccc(/C=C2/NC(=O)N(CC(=O)Nc3ccccc3F)C2=O)cc1I. The number of nitrogens with one attached hydrogen (secondary N) is 2. The Morgan fingerprint density at radius 3 is 2.66 bits per heavy atom. The topological polar surface area (TPSA) is 114 Å². The number of carbonyl (C=O) groups is 4. The van der Waals surface area contributed by atoms with Crippen LogP contribution >= 0.6 is 22.6 Å². The van der Waals surface area contributed by atoms with E-state index in [9.17, 15) is 23.6 Å². The van der Waals surface area contributed by atoms with Crippen molar-refractivity contribution in [3.63, 3.8) is 0 Å². The van der Waals surface area contributed by atoms with Crippen LogP contribution in [0.2, 0.25) is 0 Å². The van der Waals surface area contributed by atoms with E-state index in [2.05, 4.69) is 15.4 Å². The number of methoxy groups -OCH3 is 1. The maximum absolute atomic E-state index is 13.7. The minimum absolute atomic E-state index is 0.0206. The molecule has 0 aromatic heterocycles. The molecular formula is C21H17FIN3O6. The molecule has 0 saturated carbocycles. The molecule has 0 radical (unpaired) electrons. The van der Waals surface area contributed by atoms with E-state index in [-0.39, 0.29) is 18.0 Å². The zero-order valence-electron chi connectivity index (χ0n) is 16.7. The predicted molar refractivity (Wildman–Crippen MR) is 120 cm³/mol. The van der Waals surface area contributed by atoms with Crippen molar-refractivity contribution in [1.82, 2.24) is 10.2 Å². The second kappa shape index (κ2) is 10.2. The first kappa shape index (κ1) is 23.2. The number of urea groups is 1. The van der Waals surface area contributed by atoms with Gasteiger partial charge in [-0.05, 0) is 58.5 Å². The first-order valence-electron chi connectivity index (χ1n) is 9.16. The minimum atomic E-state index is -0.766. The molecule has 0 spiro atoms. The molecule has 2 aromatic carbocycles. The van der Waals surface area contributed by atoms with Crippen molar-refractivity contribution >= 4 is 58.2 Å². The number of benzene rings is 2.